The number of carboxylic acids is 1. The molecule has 2 unspecified atom stereocenters. The van der Waals surface area contributed by atoms with Crippen LogP contribution in [0.2, 0.25) is 0 Å². The van der Waals surface area contributed by atoms with Crippen molar-refractivity contribution in [2.24, 2.45) is 5.73 Å². The fourth-order valence-corrected chi connectivity index (χ4v) is 2.06. The van der Waals surface area contributed by atoms with E-state index < -0.39 is 29.4 Å². The lowest BCUT2D eigenvalue weighted by Crippen LogP contribution is -2.47. The zero-order chi connectivity index (χ0) is 17.6. The second-order valence-electron chi connectivity index (χ2n) is 5.48. The summed E-state index contributed by atoms with van der Waals surface area (Å²) in [6.45, 7) is 3.61. The van der Waals surface area contributed by atoms with Crippen LogP contribution in [0.1, 0.15) is 31.9 Å². The fourth-order valence-electron chi connectivity index (χ4n) is 2.06. The molecular formula is C15H23N3O5. The number of amides is 1. The first-order valence-electron chi connectivity index (χ1n) is 7.41. The number of carbonyl (C=O) groups is 2. The van der Waals surface area contributed by atoms with Gasteiger partial charge in [-0.25, -0.2) is 0 Å². The topological polar surface area (TPSA) is 135 Å². The molecule has 1 heterocycles. The Morgan fingerprint density at radius 3 is 2.65 bits per heavy atom. The second kappa shape index (κ2) is 8.33. The summed E-state index contributed by atoms with van der Waals surface area (Å²) in [7, 11) is 0. The number of rotatable bonds is 8. The lowest BCUT2D eigenvalue weighted by molar-refractivity contribution is -0.141. The van der Waals surface area contributed by atoms with Gasteiger partial charge in [0.05, 0.1) is 11.7 Å². The summed E-state index contributed by atoms with van der Waals surface area (Å²) in [6.07, 6.45) is 3.39. The van der Waals surface area contributed by atoms with E-state index >= 15 is 0 Å². The number of carboxylic acid groups (broad SMARTS) is 1. The molecule has 1 aromatic heterocycles. The van der Waals surface area contributed by atoms with Gasteiger partial charge >= 0.3 is 5.97 Å². The molecule has 1 aromatic rings. The van der Waals surface area contributed by atoms with Gasteiger partial charge in [-0.15, -0.1) is 0 Å². The largest absolute Gasteiger partial charge is 0.503 e. The highest BCUT2D eigenvalue weighted by atomic mass is 16.4. The number of pyridine rings is 1. The van der Waals surface area contributed by atoms with Crippen molar-refractivity contribution in [3.05, 3.63) is 28.2 Å². The van der Waals surface area contributed by atoms with Crippen LogP contribution in [-0.2, 0) is 16.1 Å². The predicted molar refractivity (Wildman–Crippen MR) is 84.2 cm³/mol. The normalized spacial score (nSPS) is 13.3. The number of aryl methyl sites for hydroxylation is 1. The highest BCUT2D eigenvalue weighted by Crippen LogP contribution is 2.11. The maximum atomic E-state index is 11.7. The van der Waals surface area contributed by atoms with Gasteiger partial charge in [0.25, 0.3) is 0 Å². The molecule has 128 valence electrons. The van der Waals surface area contributed by atoms with E-state index in [9.17, 15) is 19.5 Å². The van der Waals surface area contributed by atoms with E-state index in [1.165, 1.54) is 13.0 Å². The number of aromatic hydroxyl groups is 1. The zero-order valence-corrected chi connectivity index (χ0v) is 13.3. The van der Waals surface area contributed by atoms with Crippen molar-refractivity contribution in [2.45, 2.75) is 51.7 Å². The first-order valence-corrected chi connectivity index (χ1v) is 7.41. The Balaban J connectivity index is 2.40. The Bertz CT molecular complexity index is 626. The first kappa shape index (κ1) is 18.7. The standard InChI is InChI=1S/C15H23N3O5/c1-9(15(22)23)17-14(21)11(16)5-3-4-7-18-8-6-12(19)13(20)10(18)2/h6,8-9,11,20H,3-5,7,16H2,1-2H3,(H,17,21)(H,22,23). The molecule has 8 heteroatoms. The van der Waals surface area contributed by atoms with E-state index in [-0.39, 0.29) is 5.75 Å². The molecule has 0 bridgehead atoms. The van der Waals surface area contributed by atoms with Gasteiger partial charge in [-0.2, -0.15) is 0 Å². The van der Waals surface area contributed by atoms with Crippen LogP contribution in [0.4, 0.5) is 0 Å². The monoisotopic (exact) mass is 325 g/mol. The lowest BCUT2D eigenvalue weighted by Gasteiger charge is -2.15. The van der Waals surface area contributed by atoms with Gasteiger partial charge in [-0.1, -0.05) is 0 Å². The van der Waals surface area contributed by atoms with Crippen molar-refractivity contribution in [3.8, 4) is 5.75 Å². The van der Waals surface area contributed by atoms with Crippen LogP contribution in [0.5, 0.6) is 5.75 Å². The SMILES string of the molecule is Cc1c(O)c(=O)ccn1CCCCC(N)C(=O)NC(C)C(=O)O. The summed E-state index contributed by atoms with van der Waals surface area (Å²) in [6, 6.07) is -0.435. The molecule has 0 spiro atoms. The third kappa shape index (κ3) is 5.41. The fraction of sp³-hybridized carbons (Fsp3) is 0.533. The molecule has 0 aliphatic rings. The molecular weight excluding hydrogens is 302 g/mol. The van der Waals surface area contributed by atoms with E-state index in [4.69, 9.17) is 10.8 Å². The second-order valence-corrected chi connectivity index (χ2v) is 5.48. The van der Waals surface area contributed by atoms with Crippen LogP contribution in [0, 0.1) is 6.92 Å². The Kier molecular flexibility index (Phi) is 6.77. The Morgan fingerprint density at radius 2 is 2.04 bits per heavy atom. The van der Waals surface area contributed by atoms with Gasteiger partial charge in [0.15, 0.2) is 5.75 Å². The van der Waals surface area contributed by atoms with Crippen LogP contribution in [0.3, 0.4) is 0 Å². The van der Waals surface area contributed by atoms with Crippen molar-refractivity contribution < 1.29 is 19.8 Å². The molecule has 0 aromatic carbocycles. The number of unbranched alkanes of at least 4 members (excludes halogenated alkanes) is 1. The minimum absolute atomic E-state index is 0.258. The van der Waals surface area contributed by atoms with Crippen molar-refractivity contribution in [3.63, 3.8) is 0 Å². The van der Waals surface area contributed by atoms with Gasteiger partial charge in [0.1, 0.15) is 6.04 Å². The molecule has 0 aliphatic heterocycles. The van der Waals surface area contributed by atoms with Crippen molar-refractivity contribution in [2.75, 3.05) is 0 Å². The van der Waals surface area contributed by atoms with Crippen molar-refractivity contribution in [1.29, 1.82) is 0 Å². The van der Waals surface area contributed by atoms with Gasteiger partial charge < -0.3 is 25.8 Å². The van der Waals surface area contributed by atoms with Crippen LogP contribution in [0.15, 0.2) is 17.1 Å². The van der Waals surface area contributed by atoms with Crippen LogP contribution < -0.4 is 16.5 Å². The number of nitrogens with two attached hydrogens (primary N) is 1. The third-order valence-electron chi connectivity index (χ3n) is 3.64. The van der Waals surface area contributed by atoms with Gasteiger partial charge in [0, 0.05) is 18.8 Å². The third-order valence-corrected chi connectivity index (χ3v) is 3.64. The average molecular weight is 325 g/mol. The smallest absolute Gasteiger partial charge is 0.325 e. The molecule has 1 rings (SSSR count). The molecule has 8 nitrogen and oxygen atoms in total. The van der Waals surface area contributed by atoms with E-state index in [1.54, 1.807) is 17.7 Å². The van der Waals surface area contributed by atoms with Crippen LogP contribution >= 0.6 is 0 Å². The maximum Gasteiger partial charge on any atom is 0.325 e. The number of hydrogen-bond acceptors (Lipinski definition) is 5. The number of carbonyl (C=O) groups excluding carboxylic acids is 1. The summed E-state index contributed by atoms with van der Waals surface area (Å²) in [5, 5.41) is 20.6. The maximum absolute atomic E-state index is 11.7. The van der Waals surface area contributed by atoms with Gasteiger partial charge in [-0.05, 0) is 33.1 Å². The summed E-state index contributed by atoms with van der Waals surface area (Å²) in [5.41, 5.74) is 5.81. The van der Waals surface area contributed by atoms with Crippen LogP contribution in [0.25, 0.3) is 0 Å². The molecule has 2 atom stereocenters. The molecule has 0 saturated carbocycles. The Hall–Kier alpha value is -2.35. The predicted octanol–water partition coefficient (Wildman–Crippen LogP) is -0.0508. The first-order chi connectivity index (χ1) is 10.7. The van der Waals surface area contributed by atoms with E-state index in [0.29, 0.717) is 31.5 Å². The molecule has 0 aliphatic carbocycles. The lowest BCUT2D eigenvalue weighted by atomic mass is 10.1. The number of aliphatic carboxylic acids is 1. The van der Waals surface area contributed by atoms with Crippen molar-refractivity contribution >= 4 is 11.9 Å². The van der Waals surface area contributed by atoms with E-state index in [1.807, 2.05) is 0 Å². The molecule has 0 fully saturated rings. The Morgan fingerprint density at radius 1 is 1.39 bits per heavy atom. The van der Waals surface area contributed by atoms with Crippen LogP contribution in [-0.4, -0.2) is 38.7 Å². The number of aromatic nitrogens is 1. The van der Waals surface area contributed by atoms with Gasteiger partial charge in [-0.3, -0.25) is 14.4 Å². The Labute approximate surface area is 133 Å². The highest BCUT2D eigenvalue weighted by Gasteiger charge is 2.18. The highest BCUT2D eigenvalue weighted by molar-refractivity contribution is 5.86. The average Bonchev–Trinajstić information content (AvgIpc) is 2.50. The van der Waals surface area contributed by atoms with E-state index in [0.717, 1.165) is 0 Å². The summed E-state index contributed by atoms with van der Waals surface area (Å²) in [4.78, 5) is 33.6. The molecule has 5 N–H and O–H groups in total. The summed E-state index contributed by atoms with van der Waals surface area (Å²) >= 11 is 0. The van der Waals surface area contributed by atoms with Gasteiger partial charge in [0.2, 0.25) is 11.3 Å². The van der Waals surface area contributed by atoms with E-state index in [2.05, 4.69) is 5.32 Å². The number of hydrogen-bond donors (Lipinski definition) is 4. The zero-order valence-electron chi connectivity index (χ0n) is 13.3. The number of nitrogens with zero attached hydrogens (tertiary/aromatic N) is 1. The molecule has 0 saturated heterocycles. The molecule has 1 amide bonds. The quantitative estimate of drug-likeness (QED) is 0.495. The minimum Gasteiger partial charge on any atom is -0.503 e. The molecule has 23 heavy (non-hydrogen) atoms. The number of nitrogens with one attached hydrogen (secondary N) is 1. The summed E-state index contributed by atoms with van der Waals surface area (Å²) in [5.74, 6) is -1.86. The molecule has 0 radical (unpaired) electrons. The van der Waals surface area contributed by atoms with Crippen molar-refractivity contribution in [1.82, 2.24) is 9.88 Å². The summed E-state index contributed by atoms with van der Waals surface area (Å²) < 4.78 is 1.76. The minimum atomic E-state index is -1.11.